The Morgan fingerprint density at radius 3 is 2.91 bits per heavy atom. The fourth-order valence-electron chi connectivity index (χ4n) is 3.05. The number of methoxy groups -OCH3 is 1. The summed E-state index contributed by atoms with van der Waals surface area (Å²) in [5, 5.41) is 4.14. The van der Waals surface area contributed by atoms with Crippen molar-refractivity contribution < 1.29 is 9.53 Å². The van der Waals surface area contributed by atoms with Crippen LogP contribution in [0, 0.1) is 0 Å². The minimum Gasteiger partial charge on any atom is -0.497 e. The van der Waals surface area contributed by atoms with Gasteiger partial charge in [0.05, 0.1) is 12.1 Å². The quantitative estimate of drug-likeness (QED) is 0.905. The summed E-state index contributed by atoms with van der Waals surface area (Å²) in [5.74, 6) is 0.640. The summed E-state index contributed by atoms with van der Waals surface area (Å²) in [7, 11) is 1.61. The zero-order chi connectivity index (χ0) is 15.5. The lowest BCUT2D eigenvalue weighted by Gasteiger charge is -2.12. The van der Waals surface area contributed by atoms with Crippen LogP contribution in [0.4, 0.5) is 5.00 Å². The molecule has 4 heteroatoms. The molecule has 0 unspecified atom stereocenters. The van der Waals surface area contributed by atoms with Crippen molar-refractivity contribution in [1.29, 1.82) is 0 Å². The SMILES string of the molecule is CCc1c(NC(=O)c2cccc(OC)c2)sc2c1CCCC2. The average Bonchev–Trinajstić information content (AvgIpc) is 2.91. The molecule has 22 heavy (non-hydrogen) atoms. The Balaban J connectivity index is 1.86. The van der Waals surface area contributed by atoms with Crippen molar-refractivity contribution in [3.8, 4) is 5.75 Å². The topological polar surface area (TPSA) is 38.3 Å². The van der Waals surface area contributed by atoms with Crippen LogP contribution < -0.4 is 10.1 Å². The second-order valence-electron chi connectivity index (χ2n) is 5.56. The van der Waals surface area contributed by atoms with Gasteiger partial charge in [-0.15, -0.1) is 11.3 Å². The number of carbonyl (C=O) groups is 1. The first-order valence-electron chi connectivity index (χ1n) is 7.81. The van der Waals surface area contributed by atoms with Crippen LogP contribution in [0.5, 0.6) is 5.75 Å². The summed E-state index contributed by atoms with van der Waals surface area (Å²) >= 11 is 1.76. The second kappa shape index (κ2) is 6.53. The molecule has 1 aliphatic rings. The maximum absolute atomic E-state index is 12.5. The van der Waals surface area contributed by atoms with Crippen LogP contribution in [-0.2, 0) is 19.3 Å². The third kappa shape index (κ3) is 2.88. The molecule has 1 aliphatic carbocycles. The van der Waals surface area contributed by atoms with Crippen molar-refractivity contribution in [2.45, 2.75) is 39.0 Å². The molecule has 0 spiro atoms. The molecule has 1 aromatic carbocycles. The van der Waals surface area contributed by atoms with Crippen molar-refractivity contribution in [3.63, 3.8) is 0 Å². The summed E-state index contributed by atoms with van der Waals surface area (Å²) < 4.78 is 5.19. The highest BCUT2D eigenvalue weighted by Crippen LogP contribution is 2.38. The first-order valence-corrected chi connectivity index (χ1v) is 8.63. The second-order valence-corrected chi connectivity index (χ2v) is 6.66. The van der Waals surface area contributed by atoms with Gasteiger partial charge in [-0.1, -0.05) is 13.0 Å². The number of fused-ring (bicyclic) bond motifs is 1. The van der Waals surface area contributed by atoms with Crippen molar-refractivity contribution in [3.05, 3.63) is 45.8 Å². The van der Waals surface area contributed by atoms with Crippen LogP contribution in [0.1, 0.15) is 46.1 Å². The van der Waals surface area contributed by atoms with Gasteiger partial charge < -0.3 is 10.1 Å². The molecule has 1 amide bonds. The predicted molar refractivity (Wildman–Crippen MR) is 91.3 cm³/mol. The highest BCUT2D eigenvalue weighted by molar-refractivity contribution is 7.16. The maximum atomic E-state index is 12.5. The number of benzene rings is 1. The Bertz CT molecular complexity index is 690. The van der Waals surface area contributed by atoms with Crippen LogP contribution in [0.15, 0.2) is 24.3 Å². The number of hydrogen-bond donors (Lipinski definition) is 1. The lowest BCUT2D eigenvalue weighted by atomic mass is 9.94. The molecule has 3 rings (SSSR count). The third-order valence-electron chi connectivity index (χ3n) is 4.19. The Labute approximate surface area is 135 Å². The van der Waals surface area contributed by atoms with E-state index in [0.29, 0.717) is 11.3 Å². The molecule has 1 aromatic heterocycles. The van der Waals surface area contributed by atoms with Gasteiger partial charge in [-0.2, -0.15) is 0 Å². The first-order chi connectivity index (χ1) is 10.7. The van der Waals surface area contributed by atoms with Gasteiger partial charge in [0.1, 0.15) is 5.75 Å². The predicted octanol–water partition coefficient (Wildman–Crippen LogP) is 4.45. The van der Waals surface area contributed by atoms with E-state index in [9.17, 15) is 4.79 Å². The summed E-state index contributed by atoms with van der Waals surface area (Å²) in [5.41, 5.74) is 3.45. The van der Waals surface area contributed by atoms with Gasteiger partial charge in [-0.05, 0) is 61.4 Å². The normalized spacial score (nSPS) is 13.5. The van der Waals surface area contributed by atoms with Gasteiger partial charge in [-0.3, -0.25) is 4.79 Å². The van der Waals surface area contributed by atoms with Crippen LogP contribution in [0.2, 0.25) is 0 Å². The standard InChI is InChI=1S/C18H21NO2S/c1-3-14-15-9-4-5-10-16(15)22-18(14)19-17(20)12-7-6-8-13(11-12)21-2/h6-8,11H,3-5,9-10H2,1-2H3,(H,19,20). The third-order valence-corrected chi connectivity index (χ3v) is 5.44. The number of aryl methyl sites for hydroxylation is 1. The summed E-state index contributed by atoms with van der Waals surface area (Å²) in [4.78, 5) is 14.0. The minimum absolute atomic E-state index is 0.0628. The number of thiophene rings is 1. The minimum atomic E-state index is -0.0628. The Morgan fingerprint density at radius 2 is 2.14 bits per heavy atom. The Morgan fingerprint density at radius 1 is 1.32 bits per heavy atom. The highest BCUT2D eigenvalue weighted by Gasteiger charge is 2.21. The van der Waals surface area contributed by atoms with Crippen molar-refractivity contribution >= 4 is 22.2 Å². The molecule has 0 saturated carbocycles. The van der Waals surface area contributed by atoms with E-state index >= 15 is 0 Å². The number of rotatable bonds is 4. The van der Waals surface area contributed by atoms with Crippen molar-refractivity contribution in [2.24, 2.45) is 0 Å². The molecule has 2 aromatic rings. The van der Waals surface area contributed by atoms with E-state index in [1.54, 1.807) is 24.5 Å². The molecule has 116 valence electrons. The van der Waals surface area contributed by atoms with Gasteiger partial charge in [0.15, 0.2) is 0 Å². The van der Waals surface area contributed by atoms with Crippen molar-refractivity contribution in [2.75, 3.05) is 12.4 Å². The smallest absolute Gasteiger partial charge is 0.256 e. The van der Waals surface area contributed by atoms with Gasteiger partial charge in [0, 0.05) is 10.4 Å². The van der Waals surface area contributed by atoms with Gasteiger partial charge in [-0.25, -0.2) is 0 Å². The zero-order valence-electron chi connectivity index (χ0n) is 13.1. The number of ether oxygens (including phenoxy) is 1. The molecular formula is C18H21NO2S. The van der Waals surface area contributed by atoms with Crippen LogP contribution >= 0.6 is 11.3 Å². The van der Waals surface area contributed by atoms with E-state index in [1.807, 2.05) is 18.2 Å². The molecular weight excluding hydrogens is 294 g/mol. The van der Waals surface area contributed by atoms with E-state index in [2.05, 4.69) is 12.2 Å². The van der Waals surface area contributed by atoms with E-state index < -0.39 is 0 Å². The van der Waals surface area contributed by atoms with Crippen LogP contribution in [0.25, 0.3) is 0 Å². The molecule has 3 nitrogen and oxygen atoms in total. The number of carbonyl (C=O) groups excluding carboxylic acids is 1. The summed E-state index contributed by atoms with van der Waals surface area (Å²) in [6.07, 6.45) is 5.81. The number of hydrogen-bond acceptors (Lipinski definition) is 3. The Hall–Kier alpha value is -1.81. The first kappa shape index (κ1) is 15.1. The molecule has 0 aliphatic heterocycles. The van der Waals surface area contributed by atoms with Gasteiger partial charge in [0.2, 0.25) is 0 Å². The summed E-state index contributed by atoms with van der Waals surface area (Å²) in [6, 6.07) is 7.28. The number of amides is 1. The number of anilines is 1. The van der Waals surface area contributed by atoms with Crippen LogP contribution in [-0.4, -0.2) is 13.0 Å². The molecule has 1 N–H and O–H groups in total. The lowest BCUT2D eigenvalue weighted by molar-refractivity contribution is 0.102. The van der Waals surface area contributed by atoms with E-state index in [4.69, 9.17) is 4.74 Å². The molecule has 0 bridgehead atoms. The van der Waals surface area contributed by atoms with Gasteiger partial charge in [0.25, 0.3) is 5.91 Å². The van der Waals surface area contributed by atoms with E-state index in [0.717, 1.165) is 24.3 Å². The molecule has 1 heterocycles. The fourth-order valence-corrected chi connectivity index (χ4v) is 4.42. The Kier molecular flexibility index (Phi) is 4.48. The van der Waals surface area contributed by atoms with E-state index in [-0.39, 0.29) is 5.91 Å². The monoisotopic (exact) mass is 315 g/mol. The maximum Gasteiger partial charge on any atom is 0.256 e. The zero-order valence-corrected chi connectivity index (χ0v) is 13.9. The van der Waals surface area contributed by atoms with Crippen LogP contribution in [0.3, 0.4) is 0 Å². The molecule has 0 atom stereocenters. The lowest BCUT2D eigenvalue weighted by Crippen LogP contribution is -2.12. The largest absolute Gasteiger partial charge is 0.497 e. The average molecular weight is 315 g/mol. The van der Waals surface area contributed by atoms with Crippen molar-refractivity contribution in [1.82, 2.24) is 0 Å². The van der Waals surface area contributed by atoms with Gasteiger partial charge >= 0.3 is 0 Å². The fraction of sp³-hybridized carbons (Fsp3) is 0.389. The summed E-state index contributed by atoms with van der Waals surface area (Å²) in [6.45, 7) is 2.16. The molecule has 0 radical (unpaired) electrons. The molecule has 0 saturated heterocycles. The van der Waals surface area contributed by atoms with E-state index in [1.165, 1.54) is 28.8 Å². The number of nitrogens with one attached hydrogen (secondary N) is 1. The molecule has 0 fully saturated rings. The highest BCUT2D eigenvalue weighted by atomic mass is 32.1.